The summed E-state index contributed by atoms with van der Waals surface area (Å²) in [5.41, 5.74) is 7.03. The Balaban J connectivity index is 1.47. The van der Waals surface area contributed by atoms with E-state index in [0.717, 1.165) is 5.56 Å². The zero-order valence-electron chi connectivity index (χ0n) is 19.7. The van der Waals surface area contributed by atoms with Gasteiger partial charge in [-0.1, -0.05) is 23.7 Å². The molecule has 0 radical (unpaired) electrons. The quantitative estimate of drug-likeness (QED) is 0.443. The molecule has 0 saturated heterocycles. The Morgan fingerprint density at radius 1 is 1.29 bits per heavy atom. The van der Waals surface area contributed by atoms with Crippen LogP contribution in [0.3, 0.4) is 0 Å². The largest absolute Gasteiger partial charge is 0.395 e. The lowest BCUT2D eigenvalue weighted by Gasteiger charge is -2.37. The second-order valence-corrected chi connectivity index (χ2v) is 13.1. The molecule has 12 heteroatoms. The fourth-order valence-corrected chi connectivity index (χ4v) is 7.11. The van der Waals surface area contributed by atoms with E-state index >= 15 is 0 Å². The Morgan fingerprint density at radius 3 is 2.54 bits per heavy atom. The van der Waals surface area contributed by atoms with Gasteiger partial charge in [-0.05, 0) is 44.4 Å². The second-order valence-electron chi connectivity index (χ2n) is 9.73. The van der Waals surface area contributed by atoms with Crippen LogP contribution in [-0.2, 0) is 22.9 Å². The Morgan fingerprint density at radius 2 is 1.94 bits per heavy atom. The number of nitrogens with one attached hydrogen (secondary N) is 1. The van der Waals surface area contributed by atoms with Gasteiger partial charge in [0.2, 0.25) is 0 Å². The summed E-state index contributed by atoms with van der Waals surface area (Å²) in [6.45, 7) is 3.48. The number of nitrogens with two attached hydrogens (primary N) is 1. The maximum Gasteiger partial charge on any atom is 0.287 e. The minimum atomic E-state index is -3.76. The molecule has 1 unspecified atom stereocenters. The molecule has 35 heavy (non-hydrogen) atoms. The number of aliphatic hydroxyl groups excluding tert-OH is 1. The molecular formula is C23H30ClN5O5S. The lowest BCUT2D eigenvalue weighted by Crippen LogP contribution is -2.57. The van der Waals surface area contributed by atoms with Crippen LogP contribution in [0.15, 0.2) is 30.5 Å². The SMILES string of the molecule is CC(C)(C(N)CO)S(=O)(=O)C1(CN2CCn3c(cnc3C(=O)NCc3ccc(Cl)cc3)C2=O)CC1. The van der Waals surface area contributed by atoms with E-state index in [2.05, 4.69) is 10.3 Å². The highest BCUT2D eigenvalue weighted by molar-refractivity contribution is 7.94. The highest BCUT2D eigenvalue weighted by atomic mass is 35.5. The van der Waals surface area contributed by atoms with Crippen LogP contribution in [0.4, 0.5) is 0 Å². The molecule has 2 amide bonds. The molecule has 1 aliphatic heterocycles. The van der Waals surface area contributed by atoms with Gasteiger partial charge in [-0.15, -0.1) is 0 Å². The van der Waals surface area contributed by atoms with E-state index in [1.165, 1.54) is 24.9 Å². The lowest BCUT2D eigenvalue weighted by atomic mass is 10.1. The average Bonchev–Trinajstić information content (AvgIpc) is 3.50. The number of aromatic nitrogens is 2. The molecule has 2 heterocycles. The molecule has 4 N–H and O–H groups in total. The first-order valence-corrected chi connectivity index (χ1v) is 13.3. The van der Waals surface area contributed by atoms with Gasteiger partial charge in [0, 0.05) is 37.2 Å². The first-order chi connectivity index (χ1) is 16.4. The zero-order chi connectivity index (χ0) is 25.6. The number of benzene rings is 1. The third-order valence-corrected chi connectivity index (χ3v) is 10.8. The van der Waals surface area contributed by atoms with Crippen molar-refractivity contribution in [2.75, 3.05) is 19.7 Å². The molecule has 0 bridgehead atoms. The van der Waals surface area contributed by atoms with Crippen LogP contribution < -0.4 is 11.1 Å². The smallest absolute Gasteiger partial charge is 0.287 e. The van der Waals surface area contributed by atoms with E-state index in [4.69, 9.17) is 17.3 Å². The summed E-state index contributed by atoms with van der Waals surface area (Å²) in [5.74, 6) is -0.648. The molecule has 2 aliphatic rings. The highest BCUT2D eigenvalue weighted by Crippen LogP contribution is 2.49. The molecule has 190 valence electrons. The summed E-state index contributed by atoms with van der Waals surface area (Å²) >= 11 is 5.89. The van der Waals surface area contributed by atoms with Crippen LogP contribution >= 0.6 is 11.6 Å². The zero-order valence-corrected chi connectivity index (χ0v) is 21.3. The predicted molar refractivity (Wildman–Crippen MR) is 131 cm³/mol. The molecule has 10 nitrogen and oxygen atoms in total. The summed E-state index contributed by atoms with van der Waals surface area (Å²) < 4.78 is 26.1. The molecule has 4 rings (SSSR count). The van der Waals surface area contributed by atoms with Gasteiger partial charge in [0.05, 0.1) is 22.3 Å². The Hall–Kier alpha value is -2.47. The first-order valence-electron chi connectivity index (χ1n) is 11.4. The van der Waals surface area contributed by atoms with Gasteiger partial charge in [0.15, 0.2) is 15.7 Å². The maximum absolute atomic E-state index is 13.5. The third-order valence-electron chi connectivity index (χ3n) is 7.16. The van der Waals surface area contributed by atoms with E-state index in [1.807, 2.05) is 12.1 Å². The van der Waals surface area contributed by atoms with Gasteiger partial charge < -0.3 is 25.6 Å². The molecule has 1 fully saturated rings. The number of amides is 2. The highest BCUT2D eigenvalue weighted by Gasteiger charge is 2.62. The van der Waals surface area contributed by atoms with Gasteiger partial charge in [0.25, 0.3) is 11.8 Å². The van der Waals surface area contributed by atoms with E-state index < -0.39 is 37.9 Å². The van der Waals surface area contributed by atoms with Gasteiger partial charge >= 0.3 is 0 Å². The van der Waals surface area contributed by atoms with Crippen molar-refractivity contribution in [3.8, 4) is 0 Å². The fraction of sp³-hybridized carbons (Fsp3) is 0.522. The number of carbonyl (C=O) groups excluding carboxylic acids is 2. The molecule has 0 spiro atoms. The van der Waals surface area contributed by atoms with Crippen LogP contribution in [0, 0.1) is 0 Å². The van der Waals surface area contributed by atoms with E-state index in [-0.39, 0.29) is 37.1 Å². The summed E-state index contributed by atoms with van der Waals surface area (Å²) in [6, 6.07) is 6.15. The number of imidazole rings is 1. The Labute approximate surface area is 209 Å². The van der Waals surface area contributed by atoms with Crippen LogP contribution in [0.1, 0.15) is 53.4 Å². The minimum Gasteiger partial charge on any atom is -0.395 e. The van der Waals surface area contributed by atoms with E-state index in [1.54, 1.807) is 16.7 Å². The molecule has 2 aromatic rings. The van der Waals surface area contributed by atoms with Gasteiger partial charge in [-0.25, -0.2) is 13.4 Å². The van der Waals surface area contributed by atoms with Crippen LogP contribution in [0.2, 0.25) is 5.02 Å². The molecule has 1 saturated carbocycles. The van der Waals surface area contributed by atoms with Gasteiger partial charge in [0.1, 0.15) is 5.69 Å². The molecule has 1 aliphatic carbocycles. The second kappa shape index (κ2) is 9.20. The first kappa shape index (κ1) is 25.6. The van der Waals surface area contributed by atoms with Crippen molar-refractivity contribution in [3.63, 3.8) is 0 Å². The number of rotatable bonds is 9. The van der Waals surface area contributed by atoms with Crippen molar-refractivity contribution in [2.24, 2.45) is 5.73 Å². The van der Waals surface area contributed by atoms with Crippen molar-refractivity contribution in [1.29, 1.82) is 0 Å². The molecule has 1 aromatic heterocycles. The van der Waals surface area contributed by atoms with Crippen molar-refractivity contribution >= 4 is 33.3 Å². The Kier molecular flexibility index (Phi) is 6.73. The number of sulfone groups is 1. The number of halogens is 1. The number of hydrogen-bond donors (Lipinski definition) is 3. The Bertz CT molecular complexity index is 1240. The number of hydrogen-bond acceptors (Lipinski definition) is 7. The monoisotopic (exact) mass is 523 g/mol. The fourth-order valence-electron chi connectivity index (χ4n) is 4.43. The topological polar surface area (TPSA) is 148 Å². The van der Waals surface area contributed by atoms with Crippen LogP contribution in [-0.4, -0.2) is 75.0 Å². The van der Waals surface area contributed by atoms with E-state index in [0.29, 0.717) is 24.4 Å². The number of aliphatic hydroxyl groups is 1. The number of nitrogens with zero attached hydrogens (tertiary/aromatic N) is 3. The van der Waals surface area contributed by atoms with Crippen molar-refractivity contribution in [2.45, 2.75) is 55.3 Å². The maximum atomic E-state index is 13.5. The van der Waals surface area contributed by atoms with Gasteiger partial charge in [-0.2, -0.15) is 0 Å². The molecular weight excluding hydrogens is 494 g/mol. The normalized spacial score (nSPS) is 18.2. The standard InChI is InChI=1S/C23H30ClN5O5S/c1-22(2,18(25)13-30)35(33,34)23(7-8-23)14-28-9-10-29-17(21(28)32)12-26-19(29)20(31)27-11-15-3-5-16(24)6-4-15/h3-6,12,18,30H,7-11,13-14,25H2,1-2H3,(H,27,31). The van der Waals surface area contributed by atoms with Crippen molar-refractivity contribution in [1.82, 2.24) is 19.8 Å². The summed E-state index contributed by atoms with van der Waals surface area (Å²) in [6.07, 6.45) is 2.21. The van der Waals surface area contributed by atoms with E-state index in [9.17, 15) is 23.1 Å². The van der Waals surface area contributed by atoms with Crippen molar-refractivity contribution < 1.29 is 23.1 Å². The average molecular weight is 524 g/mol. The minimum absolute atomic E-state index is 0.0407. The number of carbonyl (C=O) groups is 2. The third kappa shape index (κ3) is 4.46. The predicted octanol–water partition coefficient (Wildman–Crippen LogP) is 0.968. The van der Waals surface area contributed by atoms with Crippen molar-refractivity contribution in [3.05, 3.63) is 52.6 Å². The molecule has 1 aromatic carbocycles. The van der Waals surface area contributed by atoms with Crippen LogP contribution in [0.25, 0.3) is 0 Å². The summed E-state index contributed by atoms with van der Waals surface area (Å²) in [5, 5.41) is 12.9. The number of fused-ring (bicyclic) bond motifs is 1. The van der Waals surface area contributed by atoms with Gasteiger partial charge in [-0.3, -0.25) is 9.59 Å². The lowest BCUT2D eigenvalue weighted by molar-refractivity contribution is 0.0697. The summed E-state index contributed by atoms with van der Waals surface area (Å²) in [4.78, 5) is 31.6. The summed E-state index contributed by atoms with van der Waals surface area (Å²) in [7, 11) is -3.76. The molecule has 1 atom stereocenters. The van der Waals surface area contributed by atoms with Crippen LogP contribution in [0.5, 0.6) is 0 Å².